The van der Waals surface area contributed by atoms with Gasteiger partial charge in [0.15, 0.2) is 0 Å². The predicted octanol–water partition coefficient (Wildman–Crippen LogP) is 9.73. The van der Waals surface area contributed by atoms with Crippen LogP contribution >= 0.6 is 0 Å². The van der Waals surface area contributed by atoms with E-state index in [0.717, 1.165) is 61.3 Å². The van der Waals surface area contributed by atoms with Gasteiger partial charge in [-0.1, -0.05) is 53.7 Å². The molecule has 0 radical (unpaired) electrons. The van der Waals surface area contributed by atoms with Crippen molar-refractivity contribution in [3.8, 4) is 0 Å². The van der Waals surface area contributed by atoms with Gasteiger partial charge in [0.05, 0.1) is 17.1 Å². The van der Waals surface area contributed by atoms with E-state index in [9.17, 15) is 0 Å². The molecule has 222 valence electrons. The molecule has 0 aromatic heterocycles. The van der Waals surface area contributed by atoms with Crippen LogP contribution in [-0.2, 0) is 0 Å². The number of amidine groups is 1. The van der Waals surface area contributed by atoms with Crippen LogP contribution in [0.5, 0.6) is 0 Å². The molecule has 1 aliphatic carbocycles. The molecular weight excluding hydrogens is 507 g/mol. The van der Waals surface area contributed by atoms with Crippen LogP contribution in [0.3, 0.4) is 0 Å². The van der Waals surface area contributed by atoms with Crippen LogP contribution in [-0.4, -0.2) is 33.6 Å². The average Bonchev–Trinajstić information content (AvgIpc) is 2.95. The van der Waals surface area contributed by atoms with E-state index in [1.807, 2.05) is 31.1 Å². The molecule has 5 rings (SSSR count). The predicted molar refractivity (Wildman–Crippen MR) is 172 cm³/mol. The van der Waals surface area contributed by atoms with Gasteiger partial charge >= 0.3 is 0 Å². The fourth-order valence-electron chi connectivity index (χ4n) is 5.77. The first kappa shape index (κ1) is 30.9. The van der Waals surface area contributed by atoms with Gasteiger partial charge in [0.1, 0.15) is 11.7 Å². The highest BCUT2D eigenvalue weighted by Crippen LogP contribution is 2.38. The van der Waals surface area contributed by atoms with E-state index < -0.39 is 0 Å². The number of nitrogens with zero attached hydrogens (tertiary/aromatic N) is 4. The molecular formula is C36H51FN4. The van der Waals surface area contributed by atoms with Gasteiger partial charge < -0.3 is 9.80 Å². The highest BCUT2D eigenvalue weighted by atomic mass is 19.1. The Balaban J connectivity index is 0.00000189. The van der Waals surface area contributed by atoms with E-state index in [4.69, 9.17) is 4.99 Å². The lowest BCUT2D eigenvalue weighted by molar-refractivity contribution is 0.229. The summed E-state index contributed by atoms with van der Waals surface area (Å²) in [5, 5.41) is 0. The number of aliphatic imine (C=N–C) groups is 1. The van der Waals surface area contributed by atoms with Gasteiger partial charge in [0.2, 0.25) is 0 Å². The molecule has 0 amide bonds. The molecule has 1 saturated heterocycles. The van der Waals surface area contributed by atoms with Crippen LogP contribution in [0.1, 0.15) is 93.4 Å². The summed E-state index contributed by atoms with van der Waals surface area (Å²) in [6, 6.07) is 0. The van der Waals surface area contributed by atoms with Crippen molar-refractivity contribution in [2.24, 2.45) is 22.7 Å². The van der Waals surface area contributed by atoms with Crippen LogP contribution in [0.25, 0.3) is 0 Å². The van der Waals surface area contributed by atoms with Crippen LogP contribution in [0, 0.1) is 17.8 Å². The quantitative estimate of drug-likeness (QED) is 0.335. The summed E-state index contributed by atoms with van der Waals surface area (Å²) in [5.74, 6) is 2.57. The van der Waals surface area contributed by atoms with Gasteiger partial charge in [-0.05, 0) is 99.5 Å². The zero-order chi connectivity index (χ0) is 29.7. The van der Waals surface area contributed by atoms with E-state index in [2.05, 4.69) is 75.4 Å². The number of fused-ring (bicyclic) bond motifs is 1. The smallest absolute Gasteiger partial charge is 0.147 e. The standard InChI is InChI=1S/C34H45FN4.C2H6/c1-7-23(2)26(5)20-38-21-29(18-31(35)27(38)6)32-19-33(28-11-8-12-28)39-22-30(13-14-34(39)36-32)37-16-9-10-24(3)25(4)15-17-37;1-2/h13-14,18-25H,6-12,15-17H2,1-5H3;1-2H3/b26-20-;. The first-order chi connectivity index (χ1) is 19.7. The van der Waals surface area contributed by atoms with E-state index in [0.29, 0.717) is 11.6 Å². The van der Waals surface area contributed by atoms with Crippen LogP contribution in [0.2, 0.25) is 0 Å². The largest absolute Gasteiger partial charge is 0.370 e. The number of allylic oxidation sites excluding steroid dienone is 6. The Morgan fingerprint density at radius 2 is 1.80 bits per heavy atom. The van der Waals surface area contributed by atoms with Crippen molar-refractivity contribution in [2.45, 2.75) is 93.4 Å². The van der Waals surface area contributed by atoms with Gasteiger partial charge in [-0.3, -0.25) is 4.90 Å². The molecule has 3 atom stereocenters. The zero-order valence-electron chi connectivity index (χ0n) is 26.5. The topological polar surface area (TPSA) is 22.1 Å². The molecule has 0 spiro atoms. The van der Waals surface area contributed by atoms with Crippen molar-refractivity contribution in [3.05, 3.63) is 94.8 Å². The van der Waals surface area contributed by atoms with Crippen molar-refractivity contribution < 1.29 is 4.39 Å². The summed E-state index contributed by atoms with van der Waals surface area (Å²) < 4.78 is 15.1. The van der Waals surface area contributed by atoms with Gasteiger partial charge in [-0.2, -0.15) is 0 Å². The first-order valence-electron chi connectivity index (χ1n) is 16.0. The minimum atomic E-state index is -0.316. The molecule has 3 unspecified atom stereocenters. The van der Waals surface area contributed by atoms with Gasteiger partial charge in [0, 0.05) is 43.0 Å². The van der Waals surface area contributed by atoms with Gasteiger partial charge in [0.25, 0.3) is 0 Å². The fraction of sp³-hybridized carbons (Fsp3) is 0.528. The zero-order valence-corrected chi connectivity index (χ0v) is 26.5. The molecule has 0 N–H and O–H groups in total. The van der Waals surface area contributed by atoms with Crippen molar-refractivity contribution in [3.63, 3.8) is 0 Å². The molecule has 0 aromatic rings. The summed E-state index contributed by atoms with van der Waals surface area (Å²) >= 11 is 0. The second-order valence-corrected chi connectivity index (χ2v) is 12.1. The Hall–Kier alpha value is -3.08. The van der Waals surface area contributed by atoms with Crippen molar-refractivity contribution in [1.82, 2.24) is 14.7 Å². The van der Waals surface area contributed by atoms with Crippen LogP contribution < -0.4 is 0 Å². The fourth-order valence-corrected chi connectivity index (χ4v) is 5.77. The van der Waals surface area contributed by atoms with Crippen LogP contribution in [0.15, 0.2) is 99.8 Å². The van der Waals surface area contributed by atoms with Gasteiger partial charge in [-0.15, -0.1) is 0 Å². The van der Waals surface area contributed by atoms with Crippen molar-refractivity contribution in [2.75, 3.05) is 13.1 Å². The maximum atomic E-state index is 15.1. The lowest BCUT2D eigenvalue weighted by atomic mass is 9.87. The summed E-state index contributed by atoms with van der Waals surface area (Å²) in [6.45, 7) is 21.5. The third kappa shape index (κ3) is 6.88. The molecule has 0 aromatic carbocycles. The van der Waals surface area contributed by atoms with Gasteiger partial charge in [-0.25, -0.2) is 9.38 Å². The third-order valence-electron chi connectivity index (χ3n) is 9.45. The van der Waals surface area contributed by atoms with E-state index in [1.165, 1.54) is 48.2 Å². The normalized spacial score (nSPS) is 25.9. The Morgan fingerprint density at radius 1 is 1.07 bits per heavy atom. The van der Waals surface area contributed by atoms with Crippen LogP contribution in [0.4, 0.5) is 4.39 Å². The van der Waals surface area contributed by atoms with E-state index >= 15 is 4.39 Å². The first-order valence-corrected chi connectivity index (χ1v) is 16.0. The molecule has 5 heteroatoms. The summed E-state index contributed by atoms with van der Waals surface area (Å²) in [5.41, 5.74) is 7.07. The number of hydrogen-bond donors (Lipinski definition) is 0. The van der Waals surface area contributed by atoms with Crippen molar-refractivity contribution in [1.29, 1.82) is 0 Å². The third-order valence-corrected chi connectivity index (χ3v) is 9.45. The molecule has 41 heavy (non-hydrogen) atoms. The van der Waals surface area contributed by atoms with Crippen molar-refractivity contribution >= 4 is 5.84 Å². The highest BCUT2D eigenvalue weighted by Gasteiger charge is 2.29. The SMILES string of the molecule is C=C1C(F)=CC(C2=CC(=C3CCC3)N3C=C(N4CCCC(C)C(C)CC4)C=CC3=N2)=CN1/C=C(/C)C(C)CC.CC. The number of halogens is 1. The maximum absolute atomic E-state index is 15.1. The molecule has 0 bridgehead atoms. The monoisotopic (exact) mass is 558 g/mol. The second-order valence-electron chi connectivity index (χ2n) is 12.1. The van der Waals surface area contributed by atoms with E-state index in [-0.39, 0.29) is 5.83 Å². The maximum Gasteiger partial charge on any atom is 0.147 e. The summed E-state index contributed by atoms with van der Waals surface area (Å²) in [6.07, 6.45) is 22.6. The molecule has 2 fully saturated rings. The highest BCUT2D eigenvalue weighted by molar-refractivity contribution is 5.99. The molecule has 4 aliphatic heterocycles. The average molecular weight is 559 g/mol. The Labute approximate surface area is 248 Å². The Kier molecular flexibility index (Phi) is 10.3. The minimum Gasteiger partial charge on any atom is -0.370 e. The number of likely N-dealkylation sites (tertiary alicyclic amines) is 1. The second kappa shape index (κ2) is 13.7. The molecule has 5 aliphatic rings. The number of hydrogen-bond acceptors (Lipinski definition) is 4. The lowest BCUT2D eigenvalue weighted by Crippen LogP contribution is -2.35. The minimum absolute atomic E-state index is 0.316. The molecule has 4 nitrogen and oxygen atoms in total. The van der Waals surface area contributed by atoms with E-state index in [1.54, 1.807) is 6.08 Å². The Morgan fingerprint density at radius 3 is 2.49 bits per heavy atom. The Bertz CT molecular complexity index is 1250. The molecule has 1 saturated carbocycles. The number of rotatable bonds is 5. The lowest BCUT2D eigenvalue weighted by Gasteiger charge is -2.37. The summed E-state index contributed by atoms with van der Waals surface area (Å²) in [7, 11) is 0. The summed E-state index contributed by atoms with van der Waals surface area (Å²) in [4.78, 5) is 11.7. The molecule has 4 heterocycles.